The maximum Gasteiger partial charge on any atom is 0.131 e. The van der Waals surface area contributed by atoms with Crippen LogP contribution in [0.15, 0.2) is 59.6 Å². The van der Waals surface area contributed by atoms with Gasteiger partial charge in [0.1, 0.15) is 23.9 Å². The smallest absolute Gasteiger partial charge is 0.131 e. The lowest BCUT2D eigenvalue weighted by Crippen LogP contribution is -2.13. The molecule has 1 aliphatic carbocycles. The van der Waals surface area contributed by atoms with E-state index in [2.05, 4.69) is 12.2 Å². The summed E-state index contributed by atoms with van der Waals surface area (Å²) >= 11 is 0. The van der Waals surface area contributed by atoms with E-state index in [0.717, 1.165) is 46.6 Å². The molecule has 0 saturated carbocycles. The van der Waals surface area contributed by atoms with Crippen molar-refractivity contribution in [2.45, 2.75) is 12.8 Å². The molecule has 2 aliphatic heterocycles. The van der Waals surface area contributed by atoms with Gasteiger partial charge >= 0.3 is 0 Å². The summed E-state index contributed by atoms with van der Waals surface area (Å²) in [7, 11) is 0. The Balaban J connectivity index is 1.93. The molecule has 20 heavy (non-hydrogen) atoms. The third-order valence-corrected chi connectivity index (χ3v) is 3.85. The Morgan fingerprint density at radius 1 is 1.10 bits per heavy atom. The van der Waals surface area contributed by atoms with Crippen LogP contribution in [0.5, 0.6) is 11.5 Å². The molecule has 1 aromatic rings. The zero-order valence-corrected chi connectivity index (χ0v) is 10.9. The monoisotopic (exact) mass is 266 g/mol. The van der Waals surface area contributed by atoms with Gasteiger partial charge in [0.25, 0.3) is 0 Å². The van der Waals surface area contributed by atoms with Gasteiger partial charge in [0.05, 0.1) is 6.26 Å². The highest BCUT2D eigenvalue weighted by Gasteiger charge is 2.25. The summed E-state index contributed by atoms with van der Waals surface area (Å²) in [6, 6.07) is 5.23. The van der Waals surface area contributed by atoms with Crippen LogP contribution >= 0.6 is 0 Å². The minimum atomic E-state index is 0.221. The molecule has 0 radical (unpaired) electrons. The van der Waals surface area contributed by atoms with Gasteiger partial charge in [0.15, 0.2) is 0 Å². The summed E-state index contributed by atoms with van der Waals surface area (Å²) in [5.41, 5.74) is 4.40. The number of benzene rings is 1. The Kier molecular flexibility index (Phi) is 2.46. The summed E-state index contributed by atoms with van der Waals surface area (Å²) in [6.45, 7) is 0.503. The maximum atomic E-state index is 9.57. The van der Waals surface area contributed by atoms with Crippen molar-refractivity contribution in [3.8, 4) is 11.5 Å². The number of hydrogen-bond donors (Lipinski definition) is 1. The number of phenols is 1. The molecule has 0 amide bonds. The molecular formula is C17H14O3. The second-order valence-corrected chi connectivity index (χ2v) is 5.06. The number of hydrogen-bond acceptors (Lipinski definition) is 3. The average Bonchev–Trinajstić information content (AvgIpc) is 2.66. The van der Waals surface area contributed by atoms with Crippen LogP contribution in [-0.2, 0) is 4.74 Å². The van der Waals surface area contributed by atoms with Crippen molar-refractivity contribution in [2.24, 2.45) is 0 Å². The zero-order chi connectivity index (χ0) is 13.5. The topological polar surface area (TPSA) is 38.7 Å². The molecule has 0 fully saturated rings. The largest absolute Gasteiger partial charge is 0.508 e. The summed E-state index contributed by atoms with van der Waals surface area (Å²) in [6.07, 6.45) is 9.97. The summed E-state index contributed by atoms with van der Waals surface area (Å²) < 4.78 is 11.5. The van der Waals surface area contributed by atoms with E-state index in [4.69, 9.17) is 9.47 Å². The first-order chi connectivity index (χ1) is 9.83. The minimum Gasteiger partial charge on any atom is -0.508 e. The van der Waals surface area contributed by atoms with Crippen LogP contribution in [0.2, 0.25) is 0 Å². The first-order valence-electron chi connectivity index (χ1n) is 6.75. The van der Waals surface area contributed by atoms with Crippen molar-refractivity contribution in [3.63, 3.8) is 0 Å². The van der Waals surface area contributed by atoms with Crippen LogP contribution in [0.4, 0.5) is 0 Å². The SMILES string of the molecule is Oc1ccc2c(c1)OCC1=C2C=COC2=C1C=CCC2. The van der Waals surface area contributed by atoms with Crippen molar-refractivity contribution in [1.82, 2.24) is 0 Å². The highest BCUT2D eigenvalue weighted by atomic mass is 16.5. The van der Waals surface area contributed by atoms with Crippen LogP contribution < -0.4 is 4.74 Å². The minimum absolute atomic E-state index is 0.221. The molecule has 2 heterocycles. The van der Waals surface area contributed by atoms with Gasteiger partial charge in [-0.2, -0.15) is 0 Å². The lowest BCUT2D eigenvalue weighted by atomic mass is 9.89. The fourth-order valence-corrected chi connectivity index (χ4v) is 2.88. The van der Waals surface area contributed by atoms with Crippen molar-refractivity contribution >= 4 is 5.57 Å². The van der Waals surface area contributed by atoms with E-state index in [1.807, 2.05) is 12.1 Å². The van der Waals surface area contributed by atoms with Crippen LogP contribution in [0.3, 0.4) is 0 Å². The first kappa shape index (κ1) is 11.4. The van der Waals surface area contributed by atoms with Gasteiger partial charge in [0.2, 0.25) is 0 Å². The van der Waals surface area contributed by atoms with Crippen LogP contribution in [0.1, 0.15) is 18.4 Å². The lowest BCUT2D eigenvalue weighted by Gasteiger charge is -2.24. The fraction of sp³-hybridized carbons (Fsp3) is 0.176. The molecule has 100 valence electrons. The van der Waals surface area contributed by atoms with Crippen LogP contribution in [0.25, 0.3) is 5.57 Å². The molecule has 0 bridgehead atoms. The first-order valence-corrected chi connectivity index (χ1v) is 6.75. The van der Waals surface area contributed by atoms with Gasteiger partial charge in [-0.25, -0.2) is 0 Å². The highest BCUT2D eigenvalue weighted by Crippen LogP contribution is 2.41. The predicted molar refractivity (Wildman–Crippen MR) is 76.1 cm³/mol. The van der Waals surface area contributed by atoms with E-state index in [9.17, 15) is 5.11 Å². The normalized spacial score (nSPS) is 19.6. The van der Waals surface area contributed by atoms with Gasteiger partial charge < -0.3 is 14.6 Å². The molecule has 3 heteroatoms. The second kappa shape index (κ2) is 4.30. The molecule has 0 atom stereocenters. The molecule has 0 saturated heterocycles. The molecule has 0 aromatic heterocycles. The predicted octanol–water partition coefficient (Wildman–Crippen LogP) is 3.69. The molecular weight excluding hydrogens is 252 g/mol. The van der Waals surface area contributed by atoms with E-state index in [1.165, 1.54) is 0 Å². The number of fused-ring (bicyclic) bond motifs is 3. The second-order valence-electron chi connectivity index (χ2n) is 5.06. The molecule has 1 aromatic carbocycles. The molecule has 0 unspecified atom stereocenters. The maximum absolute atomic E-state index is 9.57. The van der Waals surface area contributed by atoms with Gasteiger partial charge in [-0.05, 0) is 30.2 Å². The van der Waals surface area contributed by atoms with E-state index >= 15 is 0 Å². The number of aromatic hydroxyl groups is 1. The van der Waals surface area contributed by atoms with Gasteiger partial charge in [-0.15, -0.1) is 0 Å². The van der Waals surface area contributed by atoms with Crippen LogP contribution in [-0.4, -0.2) is 11.7 Å². The third kappa shape index (κ3) is 1.67. The Hall–Kier alpha value is -2.42. The summed E-state index contributed by atoms with van der Waals surface area (Å²) in [5.74, 6) is 1.95. The third-order valence-electron chi connectivity index (χ3n) is 3.85. The number of ether oxygens (including phenoxy) is 2. The summed E-state index contributed by atoms with van der Waals surface area (Å²) in [5, 5.41) is 9.57. The molecule has 0 spiro atoms. The standard InChI is InChI=1S/C17H14O3/c18-11-5-6-14-12-7-8-19-16-4-2-1-3-13(16)15(12)10-20-17(14)9-11/h1,3,5-9,18H,2,4,10H2. The van der Waals surface area contributed by atoms with Crippen molar-refractivity contribution < 1.29 is 14.6 Å². The van der Waals surface area contributed by atoms with E-state index < -0.39 is 0 Å². The Morgan fingerprint density at radius 3 is 3.00 bits per heavy atom. The Morgan fingerprint density at radius 2 is 2.05 bits per heavy atom. The zero-order valence-electron chi connectivity index (χ0n) is 10.9. The quantitative estimate of drug-likeness (QED) is 0.778. The van der Waals surface area contributed by atoms with Crippen LogP contribution in [0, 0.1) is 0 Å². The number of allylic oxidation sites excluding steroid dienone is 5. The van der Waals surface area contributed by atoms with E-state index in [0.29, 0.717) is 6.61 Å². The van der Waals surface area contributed by atoms with Crippen molar-refractivity contribution in [2.75, 3.05) is 6.61 Å². The molecule has 4 rings (SSSR count). The molecule has 1 N–H and O–H groups in total. The number of rotatable bonds is 0. The van der Waals surface area contributed by atoms with Gasteiger partial charge in [-0.3, -0.25) is 0 Å². The van der Waals surface area contributed by atoms with Gasteiger partial charge in [-0.1, -0.05) is 12.2 Å². The lowest BCUT2D eigenvalue weighted by molar-refractivity contribution is 0.324. The Bertz CT molecular complexity index is 705. The average molecular weight is 266 g/mol. The van der Waals surface area contributed by atoms with Crippen molar-refractivity contribution in [1.29, 1.82) is 0 Å². The molecule has 3 aliphatic rings. The molecule has 3 nitrogen and oxygen atoms in total. The van der Waals surface area contributed by atoms with Gasteiger partial charge in [0, 0.05) is 29.2 Å². The fourth-order valence-electron chi connectivity index (χ4n) is 2.88. The summed E-state index contributed by atoms with van der Waals surface area (Å²) in [4.78, 5) is 0. The number of phenolic OH excluding ortho intramolecular Hbond substituents is 1. The highest BCUT2D eigenvalue weighted by molar-refractivity contribution is 5.85. The van der Waals surface area contributed by atoms with Crippen molar-refractivity contribution in [3.05, 3.63) is 65.2 Å². The van der Waals surface area contributed by atoms with E-state index in [-0.39, 0.29) is 5.75 Å². The van der Waals surface area contributed by atoms with E-state index in [1.54, 1.807) is 18.4 Å². The Labute approximate surface area is 117 Å².